The fourth-order valence-electron chi connectivity index (χ4n) is 3.00. The van der Waals surface area contributed by atoms with E-state index in [0.29, 0.717) is 11.6 Å². The molecule has 1 aromatic carbocycles. The molecular weight excluding hydrogens is 319 g/mol. The number of rotatable bonds is 5. The maximum atomic E-state index is 13.9. The molecule has 112 valence electrons. The number of halogens is 2. The molecule has 1 N–H and O–H groups in total. The highest BCUT2D eigenvalue weighted by atomic mass is 79.9. The van der Waals surface area contributed by atoms with Gasteiger partial charge in [0.1, 0.15) is 5.82 Å². The minimum absolute atomic E-state index is 0.188. The Morgan fingerprint density at radius 3 is 3.00 bits per heavy atom. The number of nitrogens with zero attached hydrogens (tertiary/aromatic N) is 1. The van der Waals surface area contributed by atoms with Crippen molar-refractivity contribution in [2.45, 2.75) is 39.2 Å². The Bertz CT molecular complexity index is 416. The smallest absolute Gasteiger partial charge is 0.147 e. The van der Waals surface area contributed by atoms with E-state index in [1.165, 1.54) is 38.4 Å². The Labute approximate surface area is 129 Å². The van der Waals surface area contributed by atoms with E-state index in [2.05, 4.69) is 40.0 Å². The molecule has 0 saturated carbocycles. The first-order valence-corrected chi connectivity index (χ1v) is 8.34. The van der Waals surface area contributed by atoms with Crippen LogP contribution < -0.4 is 5.32 Å². The van der Waals surface area contributed by atoms with Crippen molar-refractivity contribution in [1.82, 2.24) is 4.90 Å². The molecule has 1 saturated heterocycles. The zero-order chi connectivity index (χ0) is 14.5. The van der Waals surface area contributed by atoms with Crippen LogP contribution in [0.3, 0.4) is 0 Å². The number of hydrogen-bond acceptors (Lipinski definition) is 2. The van der Waals surface area contributed by atoms with Crippen molar-refractivity contribution in [2.75, 3.05) is 25.0 Å². The lowest BCUT2D eigenvalue weighted by atomic mass is 9.91. The molecule has 1 fully saturated rings. The molecule has 2 nitrogen and oxygen atoms in total. The molecule has 2 rings (SSSR count). The Morgan fingerprint density at radius 1 is 1.50 bits per heavy atom. The molecule has 0 aromatic heterocycles. The van der Waals surface area contributed by atoms with Crippen molar-refractivity contribution in [3.8, 4) is 0 Å². The highest BCUT2D eigenvalue weighted by Gasteiger charge is 2.25. The molecule has 0 spiro atoms. The Kier molecular flexibility index (Phi) is 5.85. The van der Waals surface area contributed by atoms with Gasteiger partial charge in [0.05, 0.1) is 5.69 Å². The van der Waals surface area contributed by atoms with Crippen LogP contribution >= 0.6 is 15.9 Å². The van der Waals surface area contributed by atoms with Crippen molar-refractivity contribution in [2.24, 2.45) is 5.92 Å². The lowest BCUT2D eigenvalue weighted by Gasteiger charge is -2.36. The summed E-state index contributed by atoms with van der Waals surface area (Å²) in [5.41, 5.74) is 0.590. The SMILES string of the molecule is CCCN1CCCC(C(C)Nc2c(F)cccc2Br)C1. The van der Waals surface area contributed by atoms with Gasteiger partial charge in [-0.05, 0) is 73.3 Å². The van der Waals surface area contributed by atoms with Gasteiger partial charge in [-0.3, -0.25) is 0 Å². The van der Waals surface area contributed by atoms with Crippen molar-refractivity contribution in [1.29, 1.82) is 0 Å². The summed E-state index contributed by atoms with van der Waals surface area (Å²) < 4.78 is 14.7. The van der Waals surface area contributed by atoms with Gasteiger partial charge in [0.25, 0.3) is 0 Å². The van der Waals surface area contributed by atoms with Crippen LogP contribution in [-0.4, -0.2) is 30.6 Å². The first-order valence-electron chi connectivity index (χ1n) is 7.54. The fraction of sp³-hybridized carbons (Fsp3) is 0.625. The molecule has 2 unspecified atom stereocenters. The van der Waals surface area contributed by atoms with Crippen molar-refractivity contribution >= 4 is 21.6 Å². The summed E-state index contributed by atoms with van der Waals surface area (Å²) >= 11 is 3.42. The van der Waals surface area contributed by atoms with E-state index in [0.717, 1.165) is 11.0 Å². The molecular formula is C16H24BrFN2. The average molecular weight is 343 g/mol. The zero-order valence-corrected chi connectivity index (χ0v) is 13.9. The lowest BCUT2D eigenvalue weighted by Crippen LogP contribution is -2.42. The van der Waals surface area contributed by atoms with Gasteiger partial charge in [-0.15, -0.1) is 0 Å². The van der Waals surface area contributed by atoms with Crippen molar-refractivity contribution in [3.63, 3.8) is 0 Å². The van der Waals surface area contributed by atoms with E-state index in [4.69, 9.17) is 0 Å². The van der Waals surface area contributed by atoms with Crippen molar-refractivity contribution < 1.29 is 4.39 Å². The Hall–Kier alpha value is -0.610. The molecule has 1 aromatic rings. The van der Waals surface area contributed by atoms with Crippen LogP contribution in [0, 0.1) is 11.7 Å². The highest BCUT2D eigenvalue weighted by Crippen LogP contribution is 2.29. The number of benzene rings is 1. The maximum Gasteiger partial charge on any atom is 0.147 e. The predicted molar refractivity (Wildman–Crippen MR) is 86.6 cm³/mol. The molecule has 20 heavy (non-hydrogen) atoms. The molecule has 2 atom stereocenters. The summed E-state index contributed by atoms with van der Waals surface area (Å²) in [4.78, 5) is 2.53. The maximum absolute atomic E-state index is 13.9. The molecule has 0 aliphatic carbocycles. The Morgan fingerprint density at radius 2 is 2.30 bits per heavy atom. The number of likely N-dealkylation sites (tertiary alicyclic amines) is 1. The molecule has 1 aliphatic rings. The Balaban J connectivity index is 1.99. The number of nitrogens with one attached hydrogen (secondary N) is 1. The first kappa shape index (κ1) is 15.8. The second-order valence-corrected chi connectivity index (χ2v) is 6.59. The lowest BCUT2D eigenvalue weighted by molar-refractivity contribution is 0.165. The molecule has 0 radical (unpaired) electrons. The summed E-state index contributed by atoms with van der Waals surface area (Å²) in [6.07, 6.45) is 3.67. The van der Waals surface area contributed by atoms with E-state index in [-0.39, 0.29) is 11.9 Å². The third-order valence-electron chi connectivity index (χ3n) is 4.12. The molecule has 1 aliphatic heterocycles. The average Bonchev–Trinajstić information content (AvgIpc) is 2.43. The van der Waals surface area contributed by atoms with E-state index in [1.807, 2.05) is 6.07 Å². The van der Waals surface area contributed by atoms with Crippen LogP contribution in [0.25, 0.3) is 0 Å². The summed E-state index contributed by atoms with van der Waals surface area (Å²) in [7, 11) is 0. The van der Waals surface area contributed by atoms with E-state index >= 15 is 0 Å². The standard InChI is InChI=1S/C16H24BrFN2/c1-3-9-20-10-5-6-13(11-20)12(2)19-16-14(17)7-4-8-15(16)18/h4,7-8,12-13,19H,3,5-6,9-11H2,1-2H3. The second kappa shape index (κ2) is 7.41. The van der Waals surface area contributed by atoms with Gasteiger partial charge < -0.3 is 10.2 Å². The van der Waals surface area contributed by atoms with Gasteiger partial charge in [0.15, 0.2) is 0 Å². The normalized spacial score (nSPS) is 21.7. The van der Waals surface area contributed by atoms with E-state index < -0.39 is 0 Å². The van der Waals surface area contributed by atoms with Crippen LogP contribution in [0.15, 0.2) is 22.7 Å². The van der Waals surface area contributed by atoms with Crippen LogP contribution in [0.5, 0.6) is 0 Å². The van der Waals surface area contributed by atoms with Crippen LogP contribution in [0.4, 0.5) is 10.1 Å². The fourth-order valence-corrected chi connectivity index (χ4v) is 3.46. The monoisotopic (exact) mass is 342 g/mol. The number of piperidine rings is 1. The van der Waals surface area contributed by atoms with Gasteiger partial charge in [0.2, 0.25) is 0 Å². The largest absolute Gasteiger partial charge is 0.379 e. The molecule has 0 bridgehead atoms. The van der Waals surface area contributed by atoms with Gasteiger partial charge in [0, 0.05) is 17.1 Å². The number of anilines is 1. The predicted octanol–water partition coefficient (Wildman–Crippen LogP) is 4.51. The minimum Gasteiger partial charge on any atom is -0.379 e. The third kappa shape index (κ3) is 3.95. The summed E-state index contributed by atoms with van der Waals surface area (Å²) in [6.45, 7) is 7.89. The minimum atomic E-state index is -0.188. The van der Waals surface area contributed by atoms with Gasteiger partial charge >= 0.3 is 0 Å². The van der Waals surface area contributed by atoms with Gasteiger partial charge in [-0.1, -0.05) is 13.0 Å². The number of hydrogen-bond donors (Lipinski definition) is 1. The van der Waals surface area contributed by atoms with E-state index in [1.54, 1.807) is 6.07 Å². The first-order chi connectivity index (χ1) is 9.61. The van der Waals surface area contributed by atoms with E-state index in [9.17, 15) is 4.39 Å². The van der Waals surface area contributed by atoms with Crippen molar-refractivity contribution in [3.05, 3.63) is 28.5 Å². The zero-order valence-electron chi connectivity index (χ0n) is 12.3. The quantitative estimate of drug-likeness (QED) is 0.846. The summed E-state index contributed by atoms with van der Waals surface area (Å²) in [5, 5.41) is 3.36. The highest BCUT2D eigenvalue weighted by molar-refractivity contribution is 9.10. The molecule has 1 heterocycles. The molecule has 0 amide bonds. The van der Waals surface area contributed by atoms with Crippen LogP contribution in [0.1, 0.15) is 33.1 Å². The van der Waals surface area contributed by atoms with Gasteiger partial charge in [-0.25, -0.2) is 4.39 Å². The topological polar surface area (TPSA) is 15.3 Å². The summed E-state index contributed by atoms with van der Waals surface area (Å²) in [6, 6.07) is 5.38. The molecule has 4 heteroatoms. The van der Waals surface area contributed by atoms with Crippen LogP contribution in [-0.2, 0) is 0 Å². The van der Waals surface area contributed by atoms with Gasteiger partial charge in [-0.2, -0.15) is 0 Å². The number of para-hydroxylation sites is 1. The summed E-state index contributed by atoms with van der Waals surface area (Å²) in [5.74, 6) is 0.397. The third-order valence-corrected chi connectivity index (χ3v) is 4.78. The second-order valence-electron chi connectivity index (χ2n) is 5.73. The van der Waals surface area contributed by atoms with Crippen LogP contribution in [0.2, 0.25) is 0 Å².